The van der Waals surface area contributed by atoms with Crippen molar-refractivity contribution in [1.82, 2.24) is 4.90 Å². The highest BCUT2D eigenvalue weighted by Gasteiger charge is 2.37. The average molecular weight is 345 g/mol. The zero-order valence-electron chi connectivity index (χ0n) is 14.5. The smallest absolute Gasteiger partial charge is 0.294 e. The zero-order valence-corrected chi connectivity index (χ0v) is 14.5. The number of nitrogens with zero attached hydrogens (tertiary/aromatic N) is 1. The highest BCUT2D eigenvalue weighted by Crippen LogP contribution is 2.38. The summed E-state index contributed by atoms with van der Waals surface area (Å²) in [5.74, 6) is 1.50. The number of aliphatic hydroxyl groups is 1. The molecular weight excluding hydrogens is 318 g/mol. The van der Waals surface area contributed by atoms with Crippen molar-refractivity contribution in [3.8, 4) is 5.75 Å². The van der Waals surface area contributed by atoms with E-state index in [0.717, 1.165) is 25.1 Å². The van der Waals surface area contributed by atoms with Crippen LogP contribution >= 0.6 is 0 Å². The SMILES string of the molecule is O=COC1CC2CCCCC2CN1C/C=C/c1ccc(O)c(CO)c1. The monoisotopic (exact) mass is 345 g/mol. The van der Waals surface area contributed by atoms with Crippen LogP contribution in [0.4, 0.5) is 0 Å². The Balaban J connectivity index is 1.64. The van der Waals surface area contributed by atoms with Gasteiger partial charge in [0.25, 0.3) is 6.47 Å². The zero-order chi connectivity index (χ0) is 17.6. The maximum Gasteiger partial charge on any atom is 0.294 e. The van der Waals surface area contributed by atoms with Crippen LogP contribution in [-0.4, -0.2) is 40.9 Å². The molecule has 5 heteroatoms. The van der Waals surface area contributed by atoms with Gasteiger partial charge in [0.1, 0.15) is 5.75 Å². The summed E-state index contributed by atoms with van der Waals surface area (Å²) in [6.07, 6.45) is 9.96. The normalized spacial score (nSPS) is 27.2. The van der Waals surface area contributed by atoms with E-state index < -0.39 is 0 Å². The third-order valence-corrected chi connectivity index (χ3v) is 5.58. The molecule has 136 valence electrons. The molecule has 0 amide bonds. The standard InChI is InChI=1S/C20H27NO4/c22-13-18-10-15(7-8-19(18)24)4-3-9-21-12-17-6-2-1-5-16(17)11-20(21)25-14-23/h3-4,7-8,10,14,16-17,20,22,24H,1-2,5-6,9,11-13H2/b4-3+. The van der Waals surface area contributed by atoms with Crippen molar-refractivity contribution in [2.45, 2.75) is 44.9 Å². The number of phenols is 1. The first-order valence-electron chi connectivity index (χ1n) is 9.13. The lowest BCUT2D eigenvalue weighted by molar-refractivity contribution is -0.152. The maximum atomic E-state index is 10.9. The largest absolute Gasteiger partial charge is 0.508 e. The number of hydrogen-bond acceptors (Lipinski definition) is 5. The van der Waals surface area contributed by atoms with Crippen LogP contribution < -0.4 is 0 Å². The average Bonchev–Trinajstić information content (AvgIpc) is 2.63. The maximum absolute atomic E-state index is 10.9. The predicted octanol–water partition coefficient (Wildman–Crippen LogP) is 2.91. The molecule has 1 saturated heterocycles. The number of ether oxygens (including phenoxy) is 1. The quantitative estimate of drug-likeness (QED) is 0.776. The summed E-state index contributed by atoms with van der Waals surface area (Å²) < 4.78 is 5.34. The molecule has 3 unspecified atom stereocenters. The Hall–Kier alpha value is -1.85. The van der Waals surface area contributed by atoms with Gasteiger partial charge in [-0.05, 0) is 42.4 Å². The Morgan fingerprint density at radius 2 is 2.04 bits per heavy atom. The molecule has 1 aromatic rings. The van der Waals surface area contributed by atoms with Gasteiger partial charge in [-0.1, -0.05) is 31.1 Å². The fraction of sp³-hybridized carbons (Fsp3) is 0.550. The van der Waals surface area contributed by atoms with Gasteiger partial charge in [-0.3, -0.25) is 9.69 Å². The number of piperidine rings is 1. The summed E-state index contributed by atoms with van der Waals surface area (Å²) in [4.78, 5) is 13.1. The van der Waals surface area contributed by atoms with Gasteiger partial charge in [-0.2, -0.15) is 0 Å². The number of aliphatic hydroxyl groups excluding tert-OH is 1. The Kier molecular flexibility index (Phi) is 6.10. The van der Waals surface area contributed by atoms with E-state index in [9.17, 15) is 15.0 Å². The molecule has 5 nitrogen and oxygen atoms in total. The first-order chi connectivity index (χ1) is 12.2. The number of fused-ring (bicyclic) bond motifs is 1. The van der Waals surface area contributed by atoms with Gasteiger partial charge in [0.05, 0.1) is 6.61 Å². The molecule has 0 aromatic heterocycles. The number of likely N-dealkylation sites (tertiary alicyclic amines) is 1. The van der Waals surface area contributed by atoms with Crippen LogP contribution in [0.3, 0.4) is 0 Å². The predicted molar refractivity (Wildman–Crippen MR) is 95.6 cm³/mol. The van der Waals surface area contributed by atoms with E-state index in [0.29, 0.717) is 23.9 Å². The molecule has 25 heavy (non-hydrogen) atoms. The minimum atomic E-state index is -0.183. The van der Waals surface area contributed by atoms with E-state index >= 15 is 0 Å². The minimum absolute atomic E-state index is 0.110. The lowest BCUT2D eigenvalue weighted by Gasteiger charge is -2.44. The highest BCUT2D eigenvalue weighted by molar-refractivity contribution is 5.53. The molecule has 2 fully saturated rings. The number of carbonyl (C=O) groups is 1. The molecule has 2 aliphatic rings. The van der Waals surface area contributed by atoms with Crippen LogP contribution in [0.2, 0.25) is 0 Å². The number of aromatic hydroxyl groups is 1. The summed E-state index contributed by atoms with van der Waals surface area (Å²) in [6.45, 7) is 2.08. The van der Waals surface area contributed by atoms with Crippen molar-refractivity contribution in [3.63, 3.8) is 0 Å². The fourth-order valence-electron chi connectivity index (χ4n) is 4.22. The van der Waals surface area contributed by atoms with Crippen molar-refractivity contribution in [2.75, 3.05) is 13.1 Å². The molecule has 2 N–H and O–H groups in total. The molecule has 1 aromatic carbocycles. The number of hydrogen-bond donors (Lipinski definition) is 2. The lowest BCUT2D eigenvalue weighted by atomic mass is 9.74. The van der Waals surface area contributed by atoms with E-state index in [4.69, 9.17) is 4.74 Å². The van der Waals surface area contributed by atoms with Crippen LogP contribution in [0.15, 0.2) is 24.3 Å². The van der Waals surface area contributed by atoms with Crippen LogP contribution in [0.1, 0.15) is 43.2 Å². The first kappa shape index (κ1) is 18.0. The molecule has 1 aliphatic heterocycles. The molecule has 0 spiro atoms. The van der Waals surface area contributed by atoms with Crippen molar-refractivity contribution >= 4 is 12.5 Å². The molecular formula is C20H27NO4. The third-order valence-electron chi connectivity index (χ3n) is 5.58. The van der Waals surface area contributed by atoms with E-state index in [-0.39, 0.29) is 18.6 Å². The second kappa shape index (κ2) is 8.50. The number of carbonyl (C=O) groups excluding carboxylic acids is 1. The lowest BCUT2D eigenvalue weighted by Crippen LogP contribution is -2.49. The van der Waals surface area contributed by atoms with E-state index in [1.807, 2.05) is 12.1 Å². The topological polar surface area (TPSA) is 70.0 Å². The summed E-state index contributed by atoms with van der Waals surface area (Å²) in [6, 6.07) is 5.19. The molecule has 3 rings (SSSR count). The first-order valence-corrected chi connectivity index (χ1v) is 9.13. The van der Waals surface area contributed by atoms with Gasteiger partial charge in [0.15, 0.2) is 6.23 Å². The van der Waals surface area contributed by atoms with Crippen molar-refractivity contribution in [2.24, 2.45) is 11.8 Å². The van der Waals surface area contributed by atoms with Crippen LogP contribution in [0, 0.1) is 11.8 Å². The van der Waals surface area contributed by atoms with Gasteiger partial charge in [0.2, 0.25) is 0 Å². The van der Waals surface area contributed by atoms with Crippen molar-refractivity contribution < 1.29 is 19.7 Å². The summed E-state index contributed by atoms with van der Waals surface area (Å²) in [7, 11) is 0. The number of benzene rings is 1. The van der Waals surface area contributed by atoms with Crippen molar-refractivity contribution in [3.05, 3.63) is 35.4 Å². The number of rotatable bonds is 6. The Bertz CT molecular complexity index is 616. The molecule has 1 saturated carbocycles. The van der Waals surface area contributed by atoms with Crippen LogP contribution in [0.25, 0.3) is 6.08 Å². The molecule has 1 heterocycles. The van der Waals surface area contributed by atoms with Crippen LogP contribution in [-0.2, 0) is 16.1 Å². The third kappa shape index (κ3) is 4.41. The van der Waals surface area contributed by atoms with Gasteiger partial charge in [-0.15, -0.1) is 0 Å². The summed E-state index contributed by atoms with van der Waals surface area (Å²) >= 11 is 0. The highest BCUT2D eigenvalue weighted by atomic mass is 16.5. The Labute approximate surface area is 148 Å². The van der Waals surface area contributed by atoms with E-state index in [1.54, 1.807) is 12.1 Å². The summed E-state index contributed by atoms with van der Waals surface area (Å²) in [5.41, 5.74) is 1.45. The van der Waals surface area contributed by atoms with E-state index in [2.05, 4.69) is 11.0 Å². The molecule has 0 bridgehead atoms. The Morgan fingerprint density at radius 3 is 2.80 bits per heavy atom. The van der Waals surface area contributed by atoms with Gasteiger partial charge >= 0.3 is 0 Å². The van der Waals surface area contributed by atoms with Crippen molar-refractivity contribution in [1.29, 1.82) is 0 Å². The molecule has 0 radical (unpaired) electrons. The van der Waals surface area contributed by atoms with Gasteiger partial charge in [0, 0.05) is 25.1 Å². The fourth-order valence-corrected chi connectivity index (χ4v) is 4.22. The van der Waals surface area contributed by atoms with E-state index in [1.165, 1.54) is 25.7 Å². The van der Waals surface area contributed by atoms with Gasteiger partial charge < -0.3 is 14.9 Å². The second-order valence-corrected chi connectivity index (χ2v) is 7.13. The second-order valence-electron chi connectivity index (χ2n) is 7.13. The Morgan fingerprint density at radius 1 is 1.24 bits per heavy atom. The van der Waals surface area contributed by atoms with Gasteiger partial charge in [-0.25, -0.2) is 0 Å². The van der Waals surface area contributed by atoms with Crippen LogP contribution in [0.5, 0.6) is 5.75 Å². The summed E-state index contributed by atoms with van der Waals surface area (Å²) in [5, 5.41) is 18.9. The molecule has 3 atom stereocenters. The molecule has 1 aliphatic carbocycles. The minimum Gasteiger partial charge on any atom is -0.508 e.